The molecule has 2 heterocycles. The standard InChI is InChI=1S/C35H49N2O4/c1-21-17-24(19-37(22(2)38)18-23-10-15-36-16-11-23)41-29-28(21)32(5)13-14-35-20-34(35)12-9-27(39)31(3,4)25(34)7-8-26(35)33(32,6)30(29)40/h10-11,15-16,21,25,27-28,30,39-40H,7-9,12-14,17-20H2,1-6H3/t21-,25+,27+,28+,30+,32-,33-,34-,35+/m1/s1. The van der Waals surface area contributed by atoms with Crippen molar-refractivity contribution in [3.05, 3.63) is 48.2 Å². The van der Waals surface area contributed by atoms with E-state index in [1.54, 1.807) is 25.2 Å². The van der Waals surface area contributed by atoms with Crippen LogP contribution in [0.25, 0.3) is 0 Å². The molecule has 2 N–H and O–H groups in total. The summed E-state index contributed by atoms with van der Waals surface area (Å²) in [7, 11) is 0. The summed E-state index contributed by atoms with van der Waals surface area (Å²) < 4.78 is 6.74. The quantitative estimate of drug-likeness (QED) is 0.479. The Morgan fingerprint density at radius 2 is 1.80 bits per heavy atom. The van der Waals surface area contributed by atoms with E-state index in [2.05, 4.69) is 39.6 Å². The van der Waals surface area contributed by atoms with E-state index in [1.165, 1.54) is 12.8 Å². The fourth-order valence-corrected chi connectivity index (χ4v) is 11.8. The van der Waals surface area contributed by atoms with Crippen molar-refractivity contribution in [2.45, 2.75) is 112 Å². The molecular formula is C35H49N2O4. The van der Waals surface area contributed by atoms with Crippen LogP contribution in [-0.4, -0.2) is 44.8 Å². The number of fused-ring (bicyclic) bond motifs is 4. The Morgan fingerprint density at radius 1 is 1.07 bits per heavy atom. The molecule has 9 atom stereocenters. The van der Waals surface area contributed by atoms with Crippen LogP contribution in [0, 0.1) is 63.0 Å². The maximum absolute atomic E-state index is 12.6. The van der Waals surface area contributed by atoms with Crippen molar-refractivity contribution in [1.82, 2.24) is 9.88 Å². The molecule has 6 fully saturated rings. The number of nitrogens with zero attached hydrogens (tertiary/aromatic N) is 2. The summed E-state index contributed by atoms with van der Waals surface area (Å²) in [6.45, 7) is 14.3. The molecule has 6 nitrogen and oxygen atoms in total. The highest BCUT2D eigenvalue weighted by Crippen LogP contribution is 2.90. The van der Waals surface area contributed by atoms with Crippen LogP contribution in [0.5, 0.6) is 0 Å². The van der Waals surface area contributed by atoms with Gasteiger partial charge in [0.2, 0.25) is 5.91 Å². The molecule has 1 aliphatic heterocycles. The zero-order chi connectivity index (χ0) is 29.2. The summed E-state index contributed by atoms with van der Waals surface area (Å²) in [5, 5.41) is 23.3. The Labute approximate surface area is 246 Å². The summed E-state index contributed by atoms with van der Waals surface area (Å²) in [6, 6.07) is 3.90. The third-order valence-corrected chi connectivity index (χ3v) is 14.0. The Hall–Kier alpha value is -1.50. The van der Waals surface area contributed by atoms with Crippen molar-refractivity contribution in [2.75, 3.05) is 6.54 Å². The van der Waals surface area contributed by atoms with E-state index in [9.17, 15) is 15.0 Å². The lowest BCUT2D eigenvalue weighted by molar-refractivity contribution is -0.131. The summed E-state index contributed by atoms with van der Waals surface area (Å²) in [6.07, 6.45) is 13.0. The van der Waals surface area contributed by atoms with Gasteiger partial charge in [-0.2, -0.15) is 0 Å². The zero-order valence-corrected chi connectivity index (χ0v) is 25.9. The predicted octanol–water partition coefficient (Wildman–Crippen LogP) is 5.89. The predicted molar refractivity (Wildman–Crippen MR) is 156 cm³/mol. The van der Waals surface area contributed by atoms with E-state index in [-0.39, 0.29) is 39.6 Å². The van der Waals surface area contributed by atoms with Crippen LogP contribution in [0.4, 0.5) is 0 Å². The SMILES string of the molecule is CC(=O)N(C[C]1C[C@@H](C)[C@H]2[C](O1)[C@H](O)[C@@]1(C)[C]3CC[C@H]4C(C)(C)[C@@H](O)CC[C@@]45C[C@@]35CC[C@]21C)Cc1ccncc1. The number of hydrogen-bond donors (Lipinski definition) is 2. The molecule has 41 heavy (non-hydrogen) atoms. The number of rotatable bonds is 4. The number of aliphatic hydroxyl groups excluding tert-OH is 2. The van der Waals surface area contributed by atoms with Crippen molar-refractivity contribution in [2.24, 2.45) is 44.8 Å². The molecule has 223 valence electrons. The van der Waals surface area contributed by atoms with Crippen molar-refractivity contribution in [3.63, 3.8) is 0 Å². The number of carbonyl (C=O) groups is 1. The van der Waals surface area contributed by atoms with Crippen LogP contribution < -0.4 is 0 Å². The lowest BCUT2D eigenvalue weighted by atomic mass is 9.41. The number of pyridine rings is 1. The fraction of sp³-hybridized carbons (Fsp3) is 0.743. The highest BCUT2D eigenvalue weighted by Gasteiger charge is 2.85. The normalized spacial score (nSPS) is 47.0. The topological polar surface area (TPSA) is 82.9 Å². The highest BCUT2D eigenvalue weighted by molar-refractivity contribution is 5.73. The van der Waals surface area contributed by atoms with E-state index in [4.69, 9.17) is 4.74 Å². The van der Waals surface area contributed by atoms with E-state index < -0.39 is 6.10 Å². The van der Waals surface area contributed by atoms with Crippen LogP contribution in [0.1, 0.15) is 98.5 Å². The van der Waals surface area contributed by atoms with Crippen molar-refractivity contribution in [3.8, 4) is 0 Å². The molecule has 0 aromatic carbocycles. The third-order valence-electron chi connectivity index (χ3n) is 14.0. The molecular weight excluding hydrogens is 512 g/mol. The average Bonchev–Trinajstić information content (AvgIpc) is 3.56. The maximum Gasteiger partial charge on any atom is 0.219 e. The number of carbonyl (C=O) groups excluding carboxylic acids is 1. The smallest absolute Gasteiger partial charge is 0.219 e. The molecule has 1 aromatic heterocycles. The molecule has 5 aliphatic carbocycles. The van der Waals surface area contributed by atoms with Crippen LogP contribution in [0.3, 0.4) is 0 Å². The van der Waals surface area contributed by atoms with E-state index in [0.717, 1.165) is 56.3 Å². The Bertz CT molecular complexity index is 1210. The average molecular weight is 562 g/mol. The zero-order valence-electron chi connectivity index (χ0n) is 25.9. The first-order valence-corrected chi connectivity index (χ1v) is 16.1. The first-order chi connectivity index (χ1) is 19.3. The molecule has 5 saturated carbocycles. The van der Waals surface area contributed by atoms with Gasteiger partial charge >= 0.3 is 0 Å². The molecule has 6 aliphatic rings. The van der Waals surface area contributed by atoms with E-state index >= 15 is 0 Å². The number of ether oxygens (including phenoxy) is 1. The summed E-state index contributed by atoms with van der Waals surface area (Å²) >= 11 is 0. The molecule has 0 unspecified atom stereocenters. The molecule has 1 amide bonds. The highest BCUT2D eigenvalue weighted by atomic mass is 16.5. The Balaban J connectivity index is 1.16. The second kappa shape index (κ2) is 9.01. The number of amides is 1. The number of aliphatic hydroxyl groups is 2. The van der Waals surface area contributed by atoms with Gasteiger partial charge in [0.05, 0.1) is 18.8 Å². The van der Waals surface area contributed by atoms with Gasteiger partial charge in [-0.3, -0.25) is 9.78 Å². The molecule has 2 spiro atoms. The summed E-state index contributed by atoms with van der Waals surface area (Å²) in [5.74, 6) is 2.74. The van der Waals surface area contributed by atoms with Gasteiger partial charge in [-0.25, -0.2) is 0 Å². The molecule has 7 rings (SSSR count). The van der Waals surface area contributed by atoms with Crippen LogP contribution in [-0.2, 0) is 16.1 Å². The van der Waals surface area contributed by atoms with Gasteiger partial charge in [-0.15, -0.1) is 0 Å². The van der Waals surface area contributed by atoms with Crippen molar-refractivity contribution < 1.29 is 19.7 Å². The van der Waals surface area contributed by atoms with Gasteiger partial charge in [0.15, 0.2) is 0 Å². The second-order valence-corrected chi connectivity index (χ2v) is 15.8. The van der Waals surface area contributed by atoms with Crippen LogP contribution in [0.2, 0.25) is 0 Å². The second-order valence-electron chi connectivity index (χ2n) is 15.8. The Morgan fingerprint density at radius 3 is 2.51 bits per heavy atom. The first-order valence-electron chi connectivity index (χ1n) is 16.1. The van der Waals surface area contributed by atoms with Gasteiger partial charge < -0.3 is 19.8 Å². The molecule has 3 radical (unpaired) electrons. The lowest BCUT2D eigenvalue weighted by Gasteiger charge is -2.63. The minimum Gasteiger partial charge on any atom is -0.393 e. The van der Waals surface area contributed by atoms with Gasteiger partial charge in [-0.1, -0.05) is 34.6 Å². The minimum absolute atomic E-state index is 0.0195. The maximum atomic E-state index is 12.6. The van der Waals surface area contributed by atoms with Crippen LogP contribution in [0.15, 0.2) is 24.5 Å². The van der Waals surface area contributed by atoms with Gasteiger partial charge in [0.25, 0.3) is 0 Å². The number of aromatic nitrogens is 1. The number of hydrogen-bond acceptors (Lipinski definition) is 5. The van der Waals surface area contributed by atoms with Crippen molar-refractivity contribution >= 4 is 5.91 Å². The largest absolute Gasteiger partial charge is 0.393 e. The molecule has 6 heteroatoms. The van der Waals surface area contributed by atoms with E-state index in [1.807, 2.05) is 17.0 Å². The first kappa shape index (κ1) is 28.3. The third kappa shape index (κ3) is 3.53. The molecule has 1 aromatic rings. The molecule has 0 bridgehead atoms. The molecule has 1 saturated heterocycles. The van der Waals surface area contributed by atoms with Crippen LogP contribution >= 0.6 is 0 Å². The van der Waals surface area contributed by atoms with Crippen molar-refractivity contribution in [1.29, 1.82) is 0 Å². The van der Waals surface area contributed by atoms with Gasteiger partial charge in [0.1, 0.15) is 12.2 Å². The lowest BCUT2D eigenvalue weighted by Crippen LogP contribution is -2.58. The summed E-state index contributed by atoms with van der Waals surface area (Å²) in [4.78, 5) is 18.6. The monoisotopic (exact) mass is 561 g/mol. The van der Waals surface area contributed by atoms with Gasteiger partial charge in [0, 0.05) is 37.2 Å². The van der Waals surface area contributed by atoms with Gasteiger partial charge in [-0.05, 0) is 108 Å². The Kier molecular flexibility index (Phi) is 6.22. The summed E-state index contributed by atoms with van der Waals surface area (Å²) in [5.41, 5.74) is 1.14. The minimum atomic E-state index is -0.634. The fourth-order valence-electron chi connectivity index (χ4n) is 11.8. The van der Waals surface area contributed by atoms with E-state index in [0.29, 0.717) is 30.3 Å².